The molecule has 0 fully saturated rings. The molecule has 0 bridgehead atoms. The molecule has 0 radical (unpaired) electrons. The third-order valence-corrected chi connectivity index (χ3v) is 2.82. The second-order valence-corrected chi connectivity index (χ2v) is 4.95. The zero-order valence-corrected chi connectivity index (χ0v) is 12.9. The third-order valence-electron chi connectivity index (χ3n) is 2.82. The molecule has 7 heteroatoms. The van der Waals surface area contributed by atoms with E-state index in [2.05, 4.69) is 39.6 Å². The number of hydrogen-bond acceptors (Lipinski definition) is 4. The first kappa shape index (κ1) is 16.4. The minimum atomic E-state index is 0.588. The van der Waals surface area contributed by atoms with Crippen LogP contribution in [-0.4, -0.2) is 47.5 Å². The van der Waals surface area contributed by atoms with Gasteiger partial charge in [-0.15, -0.1) is 0 Å². The van der Waals surface area contributed by atoms with Crippen molar-refractivity contribution in [2.24, 2.45) is 18.0 Å². The maximum absolute atomic E-state index is 5.54. The van der Waals surface area contributed by atoms with Gasteiger partial charge >= 0.3 is 0 Å². The summed E-state index contributed by atoms with van der Waals surface area (Å²) in [6, 6.07) is 0. The first-order valence-electron chi connectivity index (χ1n) is 6.98. The van der Waals surface area contributed by atoms with Crippen LogP contribution in [-0.2, 0) is 18.3 Å². The van der Waals surface area contributed by atoms with Gasteiger partial charge in [0.2, 0.25) is 0 Å². The van der Waals surface area contributed by atoms with Gasteiger partial charge in [0.1, 0.15) is 12.2 Å². The molecule has 0 aliphatic heterocycles. The Labute approximate surface area is 120 Å². The van der Waals surface area contributed by atoms with Crippen LogP contribution in [0.4, 0.5) is 0 Å². The Kier molecular flexibility index (Phi) is 7.64. The van der Waals surface area contributed by atoms with Gasteiger partial charge in [0.05, 0.1) is 13.2 Å². The average molecular weight is 282 g/mol. The number of nitrogens with one attached hydrogen (secondary N) is 2. The summed E-state index contributed by atoms with van der Waals surface area (Å²) in [6.07, 6.45) is 2.63. The van der Waals surface area contributed by atoms with Crippen molar-refractivity contribution in [3.8, 4) is 0 Å². The van der Waals surface area contributed by atoms with Crippen LogP contribution in [0, 0.1) is 5.92 Å². The number of hydrogen-bond donors (Lipinski definition) is 2. The van der Waals surface area contributed by atoms with Crippen molar-refractivity contribution in [3.63, 3.8) is 0 Å². The third kappa shape index (κ3) is 6.51. The number of aryl methyl sites for hydroxylation is 1. The summed E-state index contributed by atoms with van der Waals surface area (Å²) < 4.78 is 7.27. The monoisotopic (exact) mass is 282 g/mol. The lowest BCUT2D eigenvalue weighted by Gasteiger charge is -2.12. The van der Waals surface area contributed by atoms with E-state index in [1.807, 2.05) is 7.05 Å². The number of guanidine groups is 1. The van der Waals surface area contributed by atoms with E-state index in [4.69, 9.17) is 4.74 Å². The Hall–Kier alpha value is -1.63. The van der Waals surface area contributed by atoms with Gasteiger partial charge in [0, 0.05) is 27.2 Å². The summed E-state index contributed by atoms with van der Waals surface area (Å²) in [5.74, 6) is 2.28. The van der Waals surface area contributed by atoms with Gasteiger partial charge in [-0.05, 0) is 12.3 Å². The van der Waals surface area contributed by atoms with Crippen LogP contribution in [0.1, 0.15) is 26.1 Å². The summed E-state index contributed by atoms with van der Waals surface area (Å²) in [5.41, 5.74) is 0. The lowest BCUT2D eigenvalue weighted by Crippen LogP contribution is -2.39. The Morgan fingerprint density at radius 1 is 1.40 bits per heavy atom. The molecule has 1 aromatic heterocycles. The quantitative estimate of drug-likeness (QED) is 0.413. The van der Waals surface area contributed by atoms with Crippen molar-refractivity contribution in [1.82, 2.24) is 25.4 Å². The Bertz CT molecular complexity index is 401. The second kappa shape index (κ2) is 9.30. The van der Waals surface area contributed by atoms with Gasteiger partial charge in [-0.25, -0.2) is 4.98 Å². The molecule has 1 rings (SSSR count). The minimum absolute atomic E-state index is 0.588. The molecular weight excluding hydrogens is 256 g/mol. The van der Waals surface area contributed by atoms with E-state index in [0.29, 0.717) is 19.1 Å². The van der Waals surface area contributed by atoms with E-state index in [-0.39, 0.29) is 0 Å². The molecule has 0 amide bonds. The van der Waals surface area contributed by atoms with Gasteiger partial charge in [-0.1, -0.05) is 13.8 Å². The number of rotatable bonds is 8. The van der Waals surface area contributed by atoms with Crippen molar-refractivity contribution >= 4 is 5.96 Å². The topological polar surface area (TPSA) is 76.4 Å². The fourth-order valence-electron chi connectivity index (χ4n) is 1.53. The second-order valence-electron chi connectivity index (χ2n) is 4.95. The highest BCUT2D eigenvalue weighted by Crippen LogP contribution is 1.98. The highest BCUT2D eigenvalue weighted by Gasteiger charge is 2.02. The van der Waals surface area contributed by atoms with Crippen LogP contribution in [0.3, 0.4) is 0 Å². The van der Waals surface area contributed by atoms with Crippen molar-refractivity contribution in [2.75, 3.05) is 26.8 Å². The molecule has 0 spiro atoms. The van der Waals surface area contributed by atoms with E-state index in [1.54, 1.807) is 11.7 Å². The number of aromatic nitrogens is 3. The van der Waals surface area contributed by atoms with Gasteiger partial charge in [-0.2, -0.15) is 5.10 Å². The Morgan fingerprint density at radius 2 is 2.20 bits per heavy atom. The summed E-state index contributed by atoms with van der Waals surface area (Å²) in [4.78, 5) is 8.29. The summed E-state index contributed by atoms with van der Waals surface area (Å²) in [5, 5.41) is 10.4. The minimum Gasteiger partial charge on any atom is -0.380 e. The molecule has 7 nitrogen and oxygen atoms in total. The van der Waals surface area contributed by atoms with Gasteiger partial charge in [0.15, 0.2) is 5.96 Å². The molecule has 0 atom stereocenters. The Balaban J connectivity index is 2.13. The molecule has 0 saturated heterocycles. The van der Waals surface area contributed by atoms with Crippen molar-refractivity contribution in [2.45, 2.75) is 26.8 Å². The van der Waals surface area contributed by atoms with Gasteiger partial charge < -0.3 is 15.4 Å². The molecule has 1 heterocycles. The molecule has 0 saturated carbocycles. The van der Waals surface area contributed by atoms with E-state index in [1.165, 1.54) is 6.33 Å². The van der Waals surface area contributed by atoms with Gasteiger partial charge in [-0.3, -0.25) is 9.67 Å². The van der Waals surface area contributed by atoms with Crippen molar-refractivity contribution in [3.05, 3.63) is 12.2 Å². The number of ether oxygens (including phenoxy) is 1. The highest BCUT2D eigenvalue weighted by atomic mass is 16.5. The van der Waals surface area contributed by atoms with Crippen LogP contribution in [0.2, 0.25) is 0 Å². The van der Waals surface area contributed by atoms with Crippen LogP contribution in [0.15, 0.2) is 11.3 Å². The molecule has 1 aromatic rings. The van der Waals surface area contributed by atoms with Crippen LogP contribution < -0.4 is 10.6 Å². The predicted octanol–water partition coefficient (Wildman–Crippen LogP) is 0.543. The van der Waals surface area contributed by atoms with Crippen LogP contribution in [0.5, 0.6) is 0 Å². The SMILES string of the molecule is CN=C(NCCOCCC(C)C)NCc1ncnn1C. The fraction of sp³-hybridized carbons (Fsp3) is 0.769. The lowest BCUT2D eigenvalue weighted by atomic mass is 10.1. The maximum Gasteiger partial charge on any atom is 0.191 e. The number of aliphatic imine (C=N–C) groups is 1. The van der Waals surface area contributed by atoms with E-state index < -0.39 is 0 Å². The number of nitrogens with zero attached hydrogens (tertiary/aromatic N) is 4. The summed E-state index contributed by atoms with van der Waals surface area (Å²) >= 11 is 0. The molecule has 114 valence electrons. The van der Waals surface area contributed by atoms with E-state index in [0.717, 1.165) is 31.4 Å². The van der Waals surface area contributed by atoms with Crippen molar-refractivity contribution < 1.29 is 4.74 Å². The van der Waals surface area contributed by atoms with E-state index >= 15 is 0 Å². The van der Waals surface area contributed by atoms with Crippen LogP contribution in [0.25, 0.3) is 0 Å². The van der Waals surface area contributed by atoms with Crippen LogP contribution >= 0.6 is 0 Å². The molecule has 0 unspecified atom stereocenters. The fourth-order valence-corrected chi connectivity index (χ4v) is 1.53. The molecule has 2 N–H and O–H groups in total. The molecule has 0 aromatic carbocycles. The largest absolute Gasteiger partial charge is 0.380 e. The standard InChI is InChI=1S/C13H26N6O/c1-11(2)5-7-20-8-6-15-13(14-3)16-9-12-17-10-18-19(12)4/h10-11H,5-9H2,1-4H3,(H2,14,15,16). The summed E-state index contributed by atoms with van der Waals surface area (Å²) in [6.45, 7) is 7.20. The highest BCUT2D eigenvalue weighted by molar-refractivity contribution is 5.79. The molecular formula is C13H26N6O. The molecule has 0 aliphatic rings. The normalized spacial score (nSPS) is 11.9. The molecule has 20 heavy (non-hydrogen) atoms. The van der Waals surface area contributed by atoms with E-state index in [9.17, 15) is 0 Å². The van der Waals surface area contributed by atoms with Crippen molar-refractivity contribution in [1.29, 1.82) is 0 Å². The summed E-state index contributed by atoms with van der Waals surface area (Å²) in [7, 11) is 3.61. The smallest absolute Gasteiger partial charge is 0.191 e. The zero-order chi connectivity index (χ0) is 14.8. The predicted molar refractivity (Wildman–Crippen MR) is 79.5 cm³/mol. The first-order chi connectivity index (χ1) is 9.63. The zero-order valence-electron chi connectivity index (χ0n) is 12.9. The lowest BCUT2D eigenvalue weighted by molar-refractivity contribution is 0.128. The molecule has 0 aliphatic carbocycles. The maximum atomic E-state index is 5.54. The average Bonchev–Trinajstić information content (AvgIpc) is 2.82. The Morgan fingerprint density at radius 3 is 2.80 bits per heavy atom. The first-order valence-corrected chi connectivity index (χ1v) is 6.98. The van der Waals surface area contributed by atoms with Gasteiger partial charge in [0.25, 0.3) is 0 Å².